The van der Waals surface area contributed by atoms with Crippen LogP contribution in [0.25, 0.3) is 23.0 Å². The minimum atomic E-state index is 0.118. The molecule has 0 aliphatic carbocycles. The van der Waals surface area contributed by atoms with E-state index in [0.717, 1.165) is 17.9 Å². The summed E-state index contributed by atoms with van der Waals surface area (Å²) >= 11 is 0. The molecule has 3 aromatic rings. The second-order valence-electron chi connectivity index (χ2n) is 7.64. The highest BCUT2D eigenvalue weighted by Crippen LogP contribution is 2.25. The Morgan fingerprint density at radius 2 is 1.94 bits per heavy atom. The van der Waals surface area contributed by atoms with E-state index >= 15 is 0 Å². The summed E-state index contributed by atoms with van der Waals surface area (Å²) in [4.78, 5) is 25.2. The topological polar surface area (TPSA) is 100 Å². The quantitative estimate of drug-likeness (QED) is 0.647. The molecule has 0 unspecified atom stereocenters. The summed E-state index contributed by atoms with van der Waals surface area (Å²) in [6, 6.07) is 8.10. The van der Waals surface area contributed by atoms with Gasteiger partial charge >= 0.3 is 0 Å². The summed E-state index contributed by atoms with van der Waals surface area (Å²) in [7, 11) is 1.92. The monoisotopic (exact) mass is 421 g/mol. The van der Waals surface area contributed by atoms with Gasteiger partial charge in [0.25, 0.3) is 5.89 Å². The Hall–Kier alpha value is -3.33. The Kier molecular flexibility index (Phi) is 6.22. The average molecular weight is 422 g/mol. The van der Waals surface area contributed by atoms with E-state index in [1.54, 1.807) is 12.4 Å². The summed E-state index contributed by atoms with van der Waals surface area (Å²) < 4.78 is 5.87. The predicted octanol–water partition coefficient (Wildman–Crippen LogP) is 2.36. The van der Waals surface area contributed by atoms with Crippen LogP contribution in [0.15, 0.2) is 41.1 Å². The van der Waals surface area contributed by atoms with Crippen LogP contribution in [0.2, 0.25) is 0 Å². The zero-order chi connectivity index (χ0) is 21.8. The van der Waals surface area contributed by atoms with E-state index in [9.17, 15) is 4.79 Å². The lowest BCUT2D eigenvalue weighted by Crippen LogP contribution is -2.54. The zero-order valence-corrected chi connectivity index (χ0v) is 18.1. The molecule has 1 N–H and O–H groups in total. The van der Waals surface area contributed by atoms with Gasteiger partial charge in [0.05, 0.1) is 12.4 Å². The highest BCUT2D eigenvalue weighted by molar-refractivity contribution is 5.76. The Bertz CT molecular complexity index is 1030. The number of hydrogen-bond acceptors (Lipinski definition) is 8. The van der Waals surface area contributed by atoms with E-state index in [-0.39, 0.29) is 11.9 Å². The second-order valence-corrected chi connectivity index (χ2v) is 7.64. The molecule has 1 aromatic carbocycles. The van der Waals surface area contributed by atoms with E-state index in [1.807, 2.05) is 43.1 Å². The van der Waals surface area contributed by atoms with Crippen LogP contribution in [-0.4, -0.2) is 63.7 Å². The number of benzene rings is 1. The molecule has 4 rings (SSSR count). The number of carbonyl (C=O) groups excluding carboxylic acids is 1. The molecular weight excluding hydrogens is 394 g/mol. The first-order valence-electron chi connectivity index (χ1n) is 10.5. The number of nitrogens with one attached hydrogen (secondary N) is 1. The van der Waals surface area contributed by atoms with Gasteiger partial charge in [-0.05, 0) is 31.7 Å². The van der Waals surface area contributed by atoms with E-state index < -0.39 is 0 Å². The summed E-state index contributed by atoms with van der Waals surface area (Å²) in [6.45, 7) is 6.85. The highest BCUT2D eigenvalue weighted by Gasteiger charge is 2.27. The summed E-state index contributed by atoms with van der Waals surface area (Å²) in [5, 5.41) is 11.5. The number of hydrogen-bond donors (Lipinski definition) is 1. The molecule has 3 heterocycles. The van der Waals surface area contributed by atoms with Crippen molar-refractivity contribution in [1.82, 2.24) is 30.4 Å². The van der Waals surface area contributed by atoms with E-state index in [0.29, 0.717) is 43.5 Å². The maximum absolute atomic E-state index is 12.1. The molecule has 0 spiro atoms. The first kappa shape index (κ1) is 20.9. The van der Waals surface area contributed by atoms with Crippen molar-refractivity contribution in [2.24, 2.45) is 0 Å². The molecule has 9 nitrogen and oxygen atoms in total. The van der Waals surface area contributed by atoms with Crippen LogP contribution in [0.5, 0.6) is 0 Å². The third-order valence-electron chi connectivity index (χ3n) is 5.42. The lowest BCUT2D eigenvalue weighted by Gasteiger charge is -2.40. The van der Waals surface area contributed by atoms with Crippen LogP contribution in [0.4, 0.5) is 5.82 Å². The van der Waals surface area contributed by atoms with Crippen molar-refractivity contribution in [3.63, 3.8) is 0 Å². The number of nitrogens with zero attached hydrogens (tertiary/aromatic N) is 6. The van der Waals surface area contributed by atoms with Gasteiger partial charge < -0.3 is 19.5 Å². The average Bonchev–Trinajstić information content (AvgIpc) is 3.30. The number of anilines is 1. The fourth-order valence-corrected chi connectivity index (χ4v) is 3.76. The molecule has 9 heteroatoms. The molecule has 31 heavy (non-hydrogen) atoms. The van der Waals surface area contributed by atoms with Gasteiger partial charge in [-0.1, -0.05) is 19.1 Å². The zero-order valence-electron chi connectivity index (χ0n) is 18.1. The number of rotatable bonds is 6. The Morgan fingerprint density at radius 1 is 1.16 bits per heavy atom. The summed E-state index contributed by atoms with van der Waals surface area (Å²) in [6.07, 6.45) is 3.87. The molecule has 1 aliphatic rings. The maximum Gasteiger partial charge on any atom is 0.268 e. The third-order valence-corrected chi connectivity index (χ3v) is 5.42. The lowest BCUT2D eigenvalue weighted by molar-refractivity contribution is -0.133. The molecule has 0 radical (unpaired) electrons. The van der Waals surface area contributed by atoms with Crippen LogP contribution in [0.1, 0.15) is 25.8 Å². The van der Waals surface area contributed by atoms with Gasteiger partial charge in [0.2, 0.25) is 11.8 Å². The molecule has 1 atom stereocenters. The minimum absolute atomic E-state index is 0.118. The molecule has 0 bridgehead atoms. The normalized spacial score (nSPS) is 16.5. The van der Waals surface area contributed by atoms with Gasteiger partial charge in [0.1, 0.15) is 11.5 Å². The molecule has 1 aliphatic heterocycles. The van der Waals surface area contributed by atoms with Crippen molar-refractivity contribution in [2.45, 2.75) is 32.9 Å². The smallest absolute Gasteiger partial charge is 0.268 e. The van der Waals surface area contributed by atoms with Crippen LogP contribution in [0, 0.1) is 0 Å². The van der Waals surface area contributed by atoms with Crippen LogP contribution >= 0.6 is 0 Å². The van der Waals surface area contributed by atoms with Crippen molar-refractivity contribution in [1.29, 1.82) is 0 Å². The molecule has 162 valence electrons. The first-order valence-corrected chi connectivity index (χ1v) is 10.5. The van der Waals surface area contributed by atoms with E-state index in [2.05, 4.69) is 32.3 Å². The maximum atomic E-state index is 12.1. The van der Waals surface area contributed by atoms with Crippen LogP contribution < -0.4 is 10.2 Å². The molecule has 0 saturated carbocycles. The standard InChI is InChI=1S/C22H27N7O2/c1-4-20(30)29-10-9-28(14-15(29)2)19-13-24-12-18(25-19)22-27-26-21(31-22)17-7-5-16(6-8-17)11-23-3/h5-8,12-13,15,23H,4,9-11,14H2,1-3H3/t15-/m0/s1. The fourth-order valence-electron chi connectivity index (χ4n) is 3.76. The van der Waals surface area contributed by atoms with Gasteiger partial charge in [-0.2, -0.15) is 0 Å². The Balaban J connectivity index is 1.50. The van der Waals surface area contributed by atoms with Gasteiger partial charge in [-0.15, -0.1) is 10.2 Å². The van der Waals surface area contributed by atoms with Crippen LogP contribution in [0.3, 0.4) is 0 Å². The van der Waals surface area contributed by atoms with Gasteiger partial charge in [0.15, 0.2) is 0 Å². The number of piperazine rings is 1. The molecule has 2 aromatic heterocycles. The van der Waals surface area contributed by atoms with Gasteiger partial charge in [-0.3, -0.25) is 9.78 Å². The Labute approximate surface area is 181 Å². The minimum Gasteiger partial charge on any atom is -0.415 e. The Morgan fingerprint density at radius 3 is 2.65 bits per heavy atom. The molecule has 1 saturated heterocycles. The van der Waals surface area contributed by atoms with Crippen molar-refractivity contribution in [3.05, 3.63) is 42.2 Å². The SMILES string of the molecule is CCC(=O)N1CCN(c2cncc(-c3nnc(-c4ccc(CNC)cc4)o3)n2)C[C@@H]1C. The molecule has 1 fully saturated rings. The summed E-state index contributed by atoms with van der Waals surface area (Å²) in [5.74, 6) is 1.70. The first-order chi connectivity index (χ1) is 15.1. The molecular formula is C22H27N7O2. The lowest BCUT2D eigenvalue weighted by atomic mass is 10.1. The fraction of sp³-hybridized carbons (Fsp3) is 0.409. The van der Waals surface area contributed by atoms with Crippen molar-refractivity contribution in [2.75, 3.05) is 31.6 Å². The van der Waals surface area contributed by atoms with Crippen LogP contribution in [-0.2, 0) is 11.3 Å². The molecule has 1 amide bonds. The number of carbonyl (C=O) groups is 1. The third kappa shape index (κ3) is 4.56. The van der Waals surface area contributed by atoms with E-state index in [1.165, 1.54) is 5.56 Å². The van der Waals surface area contributed by atoms with Crippen molar-refractivity contribution in [3.8, 4) is 23.0 Å². The van der Waals surface area contributed by atoms with Gasteiger partial charge in [-0.25, -0.2) is 4.98 Å². The predicted molar refractivity (Wildman–Crippen MR) is 117 cm³/mol. The summed E-state index contributed by atoms with van der Waals surface area (Å²) in [5.41, 5.74) is 2.57. The number of aromatic nitrogens is 4. The largest absolute Gasteiger partial charge is 0.415 e. The number of amides is 1. The van der Waals surface area contributed by atoms with Gasteiger partial charge in [0, 0.05) is 44.2 Å². The second kappa shape index (κ2) is 9.22. The van der Waals surface area contributed by atoms with Crippen molar-refractivity contribution < 1.29 is 9.21 Å². The highest BCUT2D eigenvalue weighted by atomic mass is 16.4. The van der Waals surface area contributed by atoms with E-state index in [4.69, 9.17) is 9.40 Å². The van der Waals surface area contributed by atoms with Crippen molar-refractivity contribution >= 4 is 11.7 Å².